The zero-order valence-electron chi connectivity index (χ0n) is 16.8. The minimum atomic E-state index is -0.907. The van der Waals surface area contributed by atoms with Crippen LogP contribution in [0.2, 0.25) is 0 Å². The summed E-state index contributed by atoms with van der Waals surface area (Å²) in [7, 11) is 1.19. The van der Waals surface area contributed by atoms with E-state index in [2.05, 4.69) is 9.64 Å². The third-order valence-electron chi connectivity index (χ3n) is 4.94. The molecule has 158 valence electrons. The predicted molar refractivity (Wildman–Crippen MR) is 110 cm³/mol. The Bertz CT molecular complexity index is 926. The number of amides is 1. The Morgan fingerprint density at radius 1 is 1.07 bits per heavy atom. The number of para-hydroxylation sites is 1. The van der Waals surface area contributed by atoms with Crippen LogP contribution in [-0.4, -0.2) is 61.1 Å². The van der Waals surface area contributed by atoms with Gasteiger partial charge in [-0.15, -0.1) is 0 Å². The molecular weight excluding hydrogens is 390 g/mol. The molecule has 1 fully saturated rings. The van der Waals surface area contributed by atoms with Crippen LogP contribution in [-0.2, 0) is 9.53 Å². The normalized spacial score (nSPS) is 14.7. The molecule has 1 heterocycles. The molecule has 0 aliphatic carbocycles. The van der Waals surface area contributed by atoms with Crippen LogP contribution in [0, 0.1) is 10.1 Å². The highest BCUT2D eigenvalue weighted by Gasteiger charge is 2.28. The molecule has 9 nitrogen and oxygen atoms in total. The number of carbonyl (C=O) groups is 2. The van der Waals surface area contributed by atoms with Crippen molar-refractivity contribution < 1.29 is 24.0 Å². The third-order valence-corrected chi connectivity index (χ3v) is 4.94. The number of methoxy groups -OCH3 is 1. The maximum atomic E-state index is 12.8. The van der Waals surface area contributed by atoms with Crippen molar-refractivity contribution in [2.75, 3.05) is 38.2 Å². The fraction of sp³-hybridized carbons (Fsp3) is 0.333. The second-order valence-electron chi connectivity index (χ2n) is 6.84. The van der Waals surface area contributed by atoms with Crippen LogP contribution in [0.4, 0.5) is 11.4 Å². The molecule has 1 amide bonds. The Morgan fingerprint density at radius 3 is 2.33 bits per heavy atom. The molecule has 1 aliphatic rings. The molecule has 3 rings (SSSR count). The van der Waals surface area contributed by atoms with E-state index in [4.69, 9.17) is 4.74 Å². The summed E-state index contributed by atoms with van der Waals surface area (Å²) in [5.74, 6) is -1.00. The molecule has 1 aliphatic heterocycles. The van der Waals surface area contributed by atoms with E-state index in [0.717, 1.165) is 11.8 Å². The van der Waals surface area contributed by atoms with Crippen LogP contribution in [0.1, 0.15) is 17.3 Å². The molecular formula is C21H23N3O6. The Morgan fingerprint density at radius 2 is 1.73 bits per heavy atom. The van der Waals surface area contributed by atoms with E-state index in [1.807, 2.05) is 30.3 Å². The van der Waals surface area contributed by atoms with Gasteiger partial charge in [0, 0.05) is 37.9 Å². The summed E-state index contributed by atoms with van der Waals surface area (Å²) in [5.41, 5.74) is 0.745. The van der Waals surface area contributed by atoms with Gasteiger partial charge in [-0.25, -0.2) is 4.79 Å². The molecule has 9 heteroatoms. The average Bonchev–Trinajstić information content (AvgIpc) is 2.78. The van der Waals surface area contributed by atoms with Gasteiger partial charge in [-0.05, 0) is 31.2 Å². The summed E-state index contributed by atoms with van der Waals surface area (Å²) in [4.78, 5) is 39.0. The molecule has 0 saturated carbocycles. The number of anilines is 1. The number of nitro groups is 1. The molecule has 0 radical (unpaired) electrons. The van der Waals surface area contributed by atoms with E-state index < -0.39 is 22.7 Å². The van der Waals surface area contributed by atoms with E-state index in [0.29, 0.717) is 26.2 Å². The summed E-state index contributed by atoms with van der Waals surface area (Å²) in [6, 6.07) is 13.7. The van der Waals surface area contributed by atoms with Gasteiger partial charge in [-0.2, -0.15) is 0 Å². The van der Waals surface area contributed by atoms with Crippen LogP contribution in [0.5, 0.6) is 5.75 Å². The maximum absolute atomic E-state index is 12.8. The van der Waals surface area contributed by atoms with Gasteiger partial charge in [0.25, 0.3) is 5.91 Å². The van der Waals surface area contributed by atoms with Crippen LogP contribution in [0.25, 0.3) is 0 Å². The Labute approximate surface area is 173 Å². The minimum Gasteiger partial charge on any atom is -0.474 e. The van der Waals surface area contributed by atoms with Crippen molar-refractivity contribution >= 4 is 23.3 Å². The summed E-state index contributed by atoms with van der Waals surface area (Å²) in [6.45, 7) is 4.01. The van der Waals surface area contributed by atoms with Crippen molar-refractivity contribution in [1.29, 1.82) is 0 Å². The fourth-order valence-corrected chi connectivity index (χ4v) is 3.33. The van der Waals surface area contributed by atoms with E-state index >= 15 is 0 Å². The second-order valence-corrected chi connectivity index (χ2v) is 6.84. The van der Waals surface area contributed by atoms with Crippen molar-refractivity contribution in [1.82, 2.24) is 4.90 Å². The summed E-state index contributed by atoms with van der Waals surface area (Å²) < 4.78 is 10.2. The first kappa shape index (κ1) is 21.1. The highest BCUT2D eigenvalue weighted by atomic mass is 16.6. The van der Waals surface area contributed by atoms with Crippen molar-refractivity contribution in [3.8, 4) is 5.75 Å². The van der Waals surface area contributed by atoms with Gasteiger partial charge in [0.1, 0.15) is 0 Å². The SMILES string of the molecule is COC(=O)c1ccc(O[C@H](C)C(=O)N2CCN(c3ccccc3)CC2)c([N+](=O)[O-])c1. The van der Waals surface area contributed by atoms with Gasteiger partial charge in [-0.3, -0.25) is 14.9 Å². The highest BCUT2D eigenvalue weighted by Crippen LogP contribution is 2.29. The lowest BCUT2D eigenvalue weighted by molar-refractivity contribution is -0.386. The predicted octanol–water partition coefficient (Wildman–Crippen LogP) is 2.50. The summed E-state index contributed by atoms with van der Waals surface area (Å²) >= 11 is 0. The molecule has 30 heavy (non-hydrogen) atoms. The molecule has 0 bridgehead atoms. The number of esters is 1. The highest BCUT2D eigenvalue weighted by molar-refractivity contribution is 5.90. The molecule has 0 unspecified atom stereocenters. The Hall–Kier alpha value is -3.62. The van der Waals surface area contributed by atoms with Crippen LogP contribution in [0.15, 0.2) is 48.5 Å². The molecule has 1 saturated heterocycles. The monoisotopic (exact) mass is 413 g/mol. The first-order chi connectivity index (χ1) is 14.4. The minimum absolute atomic E-state index is 0.0348. The van der Waals surface area contributed by atoms with Gasteiger partial charge in [0.15, 0.2) is 11.9 Å². The Kier molecular flexibility index (Phi) is 6.51. The first-order valence-corrected chi connectivity index (χ1v) is 9.53. The number of benzene rings is 2. The van der Waals surface area contributed by atoms with Crippen molar-refractivity contribution in [2.45, 2.75) is 13.0 Å². The standard InChI is InChI=1S/C21H23N3O6/c1-15(30-19-9-8-16(21(26)29-2)14-18(19)24(27)28)20(25)23-12-10-22(11-13-23)17-6-4-3-5-7-17/h3-9,14-15H,10-13H2,1-2H3/t15-/m1/s1. The largest absolute Gasteiger partial charge is 0.474 e. The molecule has 0 spiro atoms. The molecule has 0 aromatic heterocycles. The molecule has 0 N–H and O–H groups in total. The number of piperazine rings is 1. The fourth-order valence-electron chi connectivity index (χ4n) is 3.33. The molecule has 2 aromatic rings. The van der Waals surface area contributed by atoms with E-state index in [1.165, 1.54) is 19.2 Å². The van der Waals surface area contributed by atoms with Gasteiger partial charge >= 0.3 is 11.7 Å². The van der Waals surface area contributed by atoms with Crippen LogP contribution < -0.4 is 9.64 Å². The van der Waals surface area contributed by atoms with E-state index in [9.17, 15) is 19.7 Å². The lowest BCUT2D eigenvalue weighted by Crippen LogP contribution is -2.52. The number of hydrogen-bond donors (Lipinski definition) is 0. The number of carbonyl (C=O) groups excluding carboxylic acids is 2. The van der Waals surface area contributed by atoms with Crippen molar-refractivity contribution in [2.24, 2.45) is 0 Å². The topological polar surface area (TPSA) is 102 Å². The van der Waals surface area contributed by atoms with Gasteiger partial charge in [0.2, 0.25) is 0 Å². The summed E-state index contributed by atoms with van der Waals surface area (Å²) in [6.07, 6.45) is -0.907. The molecule has 1 atom stereocenters. The lowest BCUT2D eigenvalue weighted by atomic mass is 10.2. The van der Waals surface area contributed by atoms with Crippen molar-refractivity contribution in [3.63, 3.8) is 0 Å². The van der Waals surface area contributed by atoms with Gasteiger partial charge in [0.05, 0.1) is 17.6 Å². The van der Waals surface area contributed by atoms with Crippen LogP contribution >= 0.6 is 0 Å². The lowest BCUT2D eigenvalue weighted by Gasteiger charge is -2.37. The van der Waals surface area contributed by atoms with E-state index in [1.54, 1.807) is 11.8 Å². The smallest absolute Gasteiger partial charge is 0.338 e. The maximum Gasteiger partial charge on any atom is 0.338 e. The number of nitro benzene ring substituents is 1. The third kappa shape index (κ3) is 4.68. The Balaban J connectivity index is 1.64. The zero-order chi connectivity index (χ0) is 21.7. The number of nitrogens with zero attached hydrogens (tertiary/aromatic N) is 3. The van der Waals surface area contributed by atoms with Gasteiger partial charge < -0.3 is 19.3 Å². The average molecular weight is 413 g/mol. The summed E-state index contributed by atoms with van der Waals surface area (Å²) in [5, 5.41) is 11.4. The number of rotatable bonds is 6. The second kappa shape index (κ2) is 9.25. The van der Waals surface area contributed by atoms with Crippen molar-refractivity contribution in [3.05, 3.63) is 64.2 Å². The number of hydrogen-bond acceptors (Lipinski definition) is 7. The molecule has 2 aromatic carbocycles. The number of ether oxygens (including phenoxy) is 2. The quantitative estimate of drug-likeness (QED) is 0.407. The van der Waals surface area contributed by atoms with E-state index in [-0.39, 0.29) is 17.2 Å². The van der Waals surface area contributed by atoms with Crippen LogP contribution in [0.3, 0.4) is 0 Å². The zero-order valence-corrected chi connectivity index (χ0v) is 16.8. The van der Waals surface area contributed by atoms with Gasteiger partial charge in [-0.1, -0.05) is 18.2 Å². The first-order valence-electron chi connectivity index (χ1n) is 9.53.